The lowest BCUT2D eigenvalue weighted by Gasteiger charge is -2.21. The average Bonchev–Trinajstić information content (AvgIpc) is 3.04. The van der Waals surface area contributed by atoms with Gasteiger partial charge in [-0.05, 0) is 61.3 Å². The smallest absolute Gasteiger partial charge is 0.220 e. The molecule has 3 nitrogen and oxygen atoms in total. The maximum atomic E-state index is 12.2. The van der Waals surface area contributed by atoms with E-state index in [9.17, 15) is 4.79 Å². The molecule has 0 spiro atoms. The van der Waals surface area contributed by atoms with Crippen molar-refractivity contribution in [3.05, 3.63) is 57.8 Å². The third-order valence-electron chi connectivity index (χ3n) is 5.09. The number of thiophene rings is 1. The maximum absolute atomic E-state index is 12.2. The third-order valence-corrected chi connectivity index (χ3v) is 6.03. The van der Waals surface area contributed by atoms with Crippen LogP contribution >= 0.6 is 11.3 Å². The van der Waals surface area contributed by atoms with E-state index in [1.54, 1.807) is 11.3 Å². The molecule has 2 aromatic rings. The van der Waals surface area contributed by atoms with E-state index in [2.05, 4.69) is 52.0 Å². The first-order valence-electron chi connectivity index (χ1n) is 9.89. The molecule has 1 aliphatic heterocycles. The molecule has 0 radical (unpaired) electrons. The minimum absolute atomic E-state index is 0.158. The fourth-order valence-electron chi connectivity index (χ4n) is 3.58. The van der Waals surface area contributed by atoms with E-state index in [0.717, 1.165) is 19.4 Å². The van der Waals surface area contributed by atoms with Gasteiger partial charge in [-0.15, -0.1) is 11.3 Å². The lowest BCUT2D eigenvalue weighted by Crippen LogP contribution is -2.26. The number of hydrogen-bond acceptors (Lipinski definition) is 3. The Labute approximate surface area is 161 Å². The molecular formula is C22H30N2OS. The third kappa shape index (κ3) is 6.26. The first kappa shape index (κ1) is 19.1. The molecule has 2 heterocycles. The summed E-state index contributed by atoms with van der Waals surface area (Å²) in [6, 6.07) is 12.8. The zero-order valence-electron chi connectivity index (χ0n) is 15.6. The summed E-state index contributed by atoms with van der Waals surface area (Å²) in [6.45, 7) is 4.04. The molecule has 0 atom stereocenters. The molecule has 0 bridgehead atoms. The highest BCUT2D eigenvalue weighted by atomic mass is 32.1. The van der Waals surface area contributed by atoms with Gasteiger partial charge in [-0.25, -0.2) is 0 Å². The van der Waals surface area contributed by atoms with Crippen LogP contribution < -0.4 is 5.32 Å². The second-order valence-corrected chi connectivity index (χ2v) is 8.20. The summed E-state index contributed by atoms with van der Waals surface area (Å²) in [6.07, 6.45) is 7.86. The van der Waals surface area contributed by atoms with E-state index in [1.807, 2.05) is 0 Å². The molecule has 1 saturated heterocycles. The van der Waals surface area contributed by atoms with Crippen LogP contribution in [-0.2, 0) is 24.3 Å². The van der Waals surface area contributed by atoms with Gasteiger partial charge in [0, 0.05) is 24.4 Å². The Morgan fingerprint density at radius 2 is 1.77 bits per heavy atom. The Bertz CT molecular complexity index is 661. The Kier molecular flexibility index (Phi) is 7.71. The number of amides is 1. The molecule has 140 valence electrons. The molecular weight excluding hydrogens is 340 g/mol. The van der Waals surface area contributed by atoms with Crippen molar-refractivity contribution < 1.29 is 4.79 Å². The average molecular weight is 371 g/mol. The molecule has 1 amide bonds. The van der Waals surface area contributed by atoms with Crippen molar-refractivity contribution in [2.45, 2.75) is 58.0 Å². The van der Waals surface area contributed by atoms with Crippen molar-refractivity contribution in [2.75, 3.05) is 13.1 Å². The van der Waals surface area contributed by atoms with Gasteiger partial charge in [-0.3, -0.25) is 9.69 Å². The van der Waals surface area contributed by atoms with Crippen LogP contribution in [0.25, 0.3) is 0 Å². The summed E-state index contributed by atoms with van der Waals surface area (Å²) >= 11 is 1.77. The van der Waals surface area contributed by atoms with E-state index < -0.39 is 0 Å². The zero-order valence-corrected chi connectivity index (χ0v) is 16.4. The Balaban J connectivity index is 1.45. The predicted molar refractivity (Wildman–Crippen MR) is 109 cm³/mol. The van der Waals surface area contributed by atoms with Crippen LogP contribution in [0.1, 0.15) is 54.5 Å². The largest absolute Gasteiger partial charge is 0.352 e. The second kappa shape index (κ2) is 10.5. The number of rotatable bonds is 8. The molecule has 3 rings (SSSR count). The van der Waals surface area contributed by atoms with Gasteiger partial charge < -0.3 is 5.32 Å². The number of aryl methyl sites for hydroxylation is 1. The highest BCUT2D eigenvalue weighted by molar-refractivity contribution is 7.09. The van der Waals surface area contributed by atoms with Gasteiger partial charge in [0.05, 0.1) is 0 Å². The van der Waals surface area contributed by atoms with Crippen LogP contribution in [-0.4, -0.2) is 23.9 Å². The summed E-state index contributed by atoms with van der Waals surface area (Å²) in [7, 11) is 0. The number of carbonyl (C=O) groups excluding carboxylic acids is 1. The number of nitrogens with one attached hydrogen (secondary N) is 1. The van der Waals surface area contributed by atoms with Crippen LogP contribution in [0.3, 0.4) is 0 Å². The summed E-state index contributed by atoms with van der Waals surface area (Å²) in [5, 5.41) is 5.21. The quantitative estimate of drug-likeness (QED) is 0.726. The van der Waals surface area contributed by atoms with Crippen LogP contribution in [0.5, 0.6) is 0 Å². The fourth-order valence-corrected chi connectivity index (χ4v) is 4.33. The summed E-state index contributed by atoms with van der Waals surface area (Å²) in [5.41, 5.74) is 2.61. The SMILES string of the molecule is O=C(CCCc1cccs1)NCc1ccccc1CN1CCCCCC1. The molecule has 0 unspecified atom stereocenters. The van der Waals surface area contributed by atoms with E-state index in [4.69, 9.17) is 0 Å². The normalized spacial score (nSPS) is 15.5. The Morgan fingerprint density at radius 1 is 1.00 bits per heavy atom. The number of carbonyl (C=O) groups is 1. The van der Waals surface area contributed by atoms with Crippen LogP contribution in [0.4, 0.5) is 0 Å². The zero-order chi connectivity index (χ0) is 18.0. The molecule has 1 aromatic carbocycles. The van der Waals surface area contributed by atoms with E-state index >= 15 is 0 Å². The summed E-state index contributed by atoms with van der Waals surface area (Å²) < 4.78 is 0. The van der Waals surface area contributed by atoms with Crippen molar-refractivity contribution in [2.24, 2.45) is 0 Å². The fraction of sp³-hybridized carbons (Fsp3) is 0.500. The Hall–Kier alpha value is -1.65. The molecule has 1 N–H and O–H groups in total. The summed E-state index contributed by atoms with van der Waals surface area (Å²) in [5.74, 6) is 0.158. The van der Waals surface area contributed by atoms with Gasteiger partial charge in [0.15, 0.2) is 0 Å². The number of nitrogens with zero attached hydrogens (tertiary/aromatic N) is 1. The van der Waals surface area contributed by atoms with Crippen LogP contribution in [0, 0.1) is 0 Å². The topological polar surface area (TPSA) is 32.3 Å². The molecule has 1 fully saturated rings. The van der Waals surface area contributed by atoms with Crippen molar-refractivity contribution in [1.29, 1.82) is 0 Å². The Morgan fingerprint density at radius 3 is 2.50 bits per heavy atom. The van der Waals surface area contributed by atoms with Crippen molar-refractivity contribution >= 4 is 17.2 Å². The van der Waals surface area contributed by atoms with Gasteiger partial charge in [0.25, 0.3) is 0 Å². The highest BCUT2D eigenvalue weighted by Gasteiger charge is 2.12. The van der Waals surface area contributed by atoms with Gasteiger partial charge in [0.1, 0.15) is 0 Å². The second-order valence-electron chi connectivity index (χ2n) is 7.17. The van der Waals surface area contributed by atoms with Crippen LogP contribution in [0.15, 0.2) is 41.8 Å². The van der Waals surface area contributed by atoms with E-state index in [1.165, 1.54) is 54.8 Å². The highest BCUT2D eigenvalue weighted by Crippen LogP contribution is 2.16. The van der Waals surface area contributed by atoms with Crippen molar-refractivity contribution in [3.8, 4) is 0 Å². The first-order valence-corrected chi connectivity index (χ1v) is 10.8. The lowest BCUT2D eigenvalue weighted by molar-refractivity contribution is -0.121. The van der Waals surface area contributed by atoms with Gasteiger partial charge in [-0.2, -0.15) is 0 Å². The van der Waals surface area contributed by atoms with Crippen LogP contribution in [0.2, 0.25) is 0 Å². The monoisotopic (exact) mass is 370 g/mol. The van der Waals surface area contributed by atoms with E-state index in [-0.39, 0.29) is 5.91 Å². The minimum atomic E-state index is 0.158. The van der Waals surface area contributed by atoms with E-state index in [0.29, 0.717) is 13.0 Å². The summed E-state index contributed by atoms with van der Waals surface area (Å²) in [4.78, 5) is 16.1. The standard InChI is InChI=1S/C22H30N2OS/c25-22(13-7-11-21-12-8-16-26-21)23-17-19-9-3-4-10-20(19)18-24-14-5-1-2-6-15-24/h3-4,8-10,12,16H,1-2,5-7,11,13-15,17-18H2,(H,23,25). The molecule has 0 saturated carbocycles. The number of likely N-dealkylation sites (tertiary alicyclic amines) is 1. The molecule has 0 aliphatic carbocycles. The predicted octanol–water partition coefficient (Wildman–Crippen LogP) is 4.76. The molecule has 1 aromatic heterocycles. The first-order chi connectivity index (χ1) is 12.8. The molecule has 26 heavy (non-hydrogen) atoms. The lowest BCUT2D eigenvalue weighted by atomic mass is 10.1. The van der Waals surface area contributed by atoms with Crippen molar-refractivity contribution in [3.63, 3.8) is 0 Å². The van der Waals surface area contributed by atoms with Gasteiger partial charge in [-0.1, -0.05) is 43.2 Å². The molecule has 4 heteroatoms. The number of benzene rings is 1. The van der Waals surface area contributed by atoms with Gasteiger partial charge in [0.2, 0.25) is 5.91 Å². The van der Waals surface area contributed by atoms with Gasteiger partial charge >= 0.3 is 0 Å². The maximum Gasteiger partial charge on any atom is 0.220 e. The molecule has 1 aliphatic rings. The van der Waals surface area contributed by atoms with Crippen molar-refractivity contribution in [1.82, 2.24) is 10.2 Å². The minimum Gasteiger partial charge on any atom is -0.352 e. The number of hydrogen-bond donors (Lipinski definition) is 1.